The highest BCUT2D eigenvalue weighted by atomic mass is 16.1. The van der Waals surface area contributed by atoms with Crippen LogP contribution in [0, 0.1) is 0 Å². The van der Waals surface area contributed by atoms with Crippen LogP contribution in [0.4, 0.5) is 0 Å². The van der Waals surface area contributed by atoms with Gasteiger partial charge in [0.1, 0.15) is 0 Å². The van der Waals surface area contributed by atoms with Gasteiger partial charge < -0.3 is 0 Å². The molecule has 96 valence electrons. The summed E-state index contributed by atoms with van der Waals surface area (Å²) in [6.45, 7) is 11.2. The first-order valence-corrected chi connectivity index (χ1v) is 6.10. The van der Waals surface area contributed by atoms with Crippen LogP contribution in [0.5, 0.6) is 0 Å². The Bertz CT molecular complexity index is 456. The molecule has 1 heterocycles. The maximum Gasteiger partial charge on any atom is 0.161 e. The Hall–Kier alpha value is -1.96. The predicted octanol–water partition coefficient (Wildman–Crippen LogP) is 4.46. The molecule has 0 aliphatic heterocycles. The fourth-order valence-electron chi connectivity index (χ4n) is 1.27. The lowest BCUT2D eigenvalue weighted by atomic mass is 10.0. The van der Waals surface area contributed by atoms with Crippen molar-refractivity contribution in [3.05, 3.63) is 60.5 Å². The quantitative estimate of drug-likeness (QED) is 0.577. The second kappa shape index (κ2) is 9.11. The van der Waals surface area contributed by atoms with Crippen molar-refractivity contribution in [1.29, 1.82) is 0 Å². The minimum absolute atomic E-state index is 0.0174. The van der Waals surface area contributed by atoms with E-state index in [9.17, 15) is 4.79 Å². The van der Waals surface area contributed by atoms with E-state index in [1.165, 1.54) is 6.92 Å². The second-order valence-electron chi connectivity index (χ2n) is 3.37. The van der Waals surface area contributed by atoms with E-state index >= 15 is 0 Å². The first kappa shape index (κ1) is 16.0. The highest BCUT2D eigenvalue weighted by molar-refractivity contribution is 5.94. The number of Topliss-reactive ketones (excluding diaryl/α,β-unsaturated/α-hetero) is 1. The Morgan fingerprint density at radius 1 is 1.28 bits per heavy atom. The molecule has 0 saturated heterocycles. The third kappa shape index (κ3) is 4.91. The van der Waals surface area contributed by atoms with E-state index in [-0.39, 0.29) is 5.78 Å². The number of hydrogen-bond donors (Lipinski definition) is 0. The molecule has 0 fully saturated rings. The van der Waals surface area contributed by atoms with Crippen molar-refractivity contribution in [2.75, 3.05) is 0 Å². The van der Waals surface area contributed by atoms with Crippen LogP contribution in [0.25, 0.3) is 5.57 Å². The summed E-state index contributed by atoms with van der Waals surface area (Å²) in [6, 6.07) is 1.83. The summed E-state index contributed by atoms with van der Waals surface area (Å²) < 4.78 is 0. The molecule has 0 aliphatic rings. The van der Waals surface area contributed by atoms with Crippen molar-refractivity contribution < 1.29 is 4.79 Å². The van der Waals surface area contributed by atoms with Crippen molar-refractivity contribution in [2.24, 2.45) is 0 Å². The molecule has 1 aromatic rings. The Kier molecular flexibility index (Phi) is 8.12. The van der Waals surface area contributed by atoms with Gasteiger partial charge in [-0.3, -0.25) is 9.78 Å². The maximum atomic E-state index is 11.2. The number of aromatic nitrogens is 1. The molecule has 0 amide bonds. The molecule has 2 heteroatoms. The summed E-state index contributed by atoms with van der Waals surface area (Å²) in [5, 5.41) is 0. The zero-order valence-corrected chi connectivity index (χ0v) is 11.6. The molecule has 0 spiro atoms. The Balaban J connectivity index is 0.00000137. The fourth-order valence-corrected chi connectivity index (χ4v) is 1.27. The van der Waals surface area contributed by atoms with Crippen molar-refractivity contribution >= 4 is 11.4 Å². The first-order valence-electron chi connectivity index (χ1n) is 6.10. The topological polar surface area (TPSA) is 30.0 Å². The van der Waals surface area contributed by atoms with E-state index in [2.05, 4.69) is 11.6 Å². The fraction of sp³-hybridized carbons (Fsp3) is 0.250. The van der Waals surface area contributed by atoms with Crippen LogP contribution in [-0.2, 0) is 0 Å². The van der Waals surface area contributed by atoms with Gasteiger partial charge in [0.25, 0.3) is 0 Å². The number of pyridine rings is 1. The number of carbonyl (C=O) groups is 1. The molecule has 0 aromatic carbocycles. The van der Waals surface area contributed by atoms with Crippen LogP contribution in [0.15, 0.2) is 49.3 Å². The van der Waals surface area contributed by atoms with E-state index in [0.29, 0.717) is 5.56 Å². The molecular weight excluding hydrogens is 222 g/mol. The lowest BCUT2D eigenvalue weighted by molar-refractivity contribution is 0.101. The lowest BCUT2D eigenvalue weighted by Gasteiger charge is -2.02. The Morgan fingerprint density at radius 2 is 1.89 bits per heavy atom. The highest BCUT2D eigenvalue weighted by Gasteiger charge is 2.02. The van der Waals surface area contributed by atoms with Crippen LogP contribution < -0.4 is 0 Å². The average Bonchev–Trinajstić information content (AvgIpc) is 2.42. The molecule has 0 aliphatic carbocycles. The van der Waals surface area contributed by atoms with E-state index in [1.807, 2.05) is 45.1 Å². The third-order valence-electron chi connectivity index (χ3n) is 2.17. The van der Waals surface area contributed by atoms with Crippen molar-refractivity contribution in [1.82, 2.24) is 4.98 Å². The summed E-state index contributed by atoms with van der Waals surface area (Å²) >= 11 is 0. The predicted molar refractivity (Wildman–Crippen MR) is 78.6 cm³/mol. The molecular formula is C16H21NO. The number of rotatable bonds is 4. The standard InChI is InChI=1S/C14H15NO.C2H6/c1-4-6-7-12(5-2)14-8-13(11(3)16)9-15-10-14;1-2/h4-10H,2H2,1,3H3;1-2H3/b6-4-,12-7+;. The molecule has 0 radical (unpaired) electrons. The molecule has 0 N–H and O–H groups in total. The molecule has 1 aromatic heterocycles. The van der Waals surface area contributed by atoms with Crippen LogP contribution in [-0.4, -0.2) is 10.8 Å². The zero-order chi connectivity index (χ0) is 14.0. The van der Waals surface area contributed by atoms with Gasteiger partial charge in [-0.05, 0) is 25.5 Å². The first-order chi connectivity index (χ1) is 8.69. The molecule has 2 nitrogen and oxygen atoms in total. The normalized spacial score (nSPS) is 10.8. The maximum absolute atomic E-state index is 11.2. The van der Waals surface area contributed by atoms with Crippen molar-refractivity contribution in [2.45, 2.75) is 27.7 Å². The van der Waals surface area contributed by atoms with Gasteiger partial charge in [-0.25, -0.2) is 0 Å². The van der Waals surface area contributed by atoms with E-state index in [1.54, 1.807) is 18.5 Å². The molecule has 1 rings (SSSR count). The number of ketones is 1. The summed E-state index contributed by atoms with van der Waals surface area (Å²) in [5.41, 5.74) is 2.47. The van der Waals surface area contributed by atoms with Gasteiger partial charge in [-0.1, -0.05) is 44.7 Å². The van der Waals surface area contributed by atoms with Crippen LogP contribution >= 0.6 is 0 Å². The molecule has 0 saturated carbocycles. The Labute approximate surface area is 110 Å². The van der Waals surface area contributed by atoms with E-state index < -0.39 is 0 Å². The molecule has 18 heavy (non-hydrogen) atoms. The van der Waals surface area contributed by atoms with E-state index in [0.717, 1.165) is 11.1 Å². The number of carbonyl (C=O) groups excluding carboxylic acids is 1. The second-order valence-corrected chi connectivity index (χ2v) is 3.37. The number of hydrogen-bond acceptors (Lipinski definition) is 2. The molecule has 0 atom stereocenters. The number of nitrogens with zero attached hydrogens (tertiary/aromatic N) is 1. The number of allylic oxidation sites excluding steroid dienone is 5. The molecule has 0 unspecified atom stereocenters. The van der Waals surface area contributed by atoms with Crippen LogP contribution in [0.2, 0.25) is 0 Å². The lowest BCUT2D eigenvalue weighted by Crippen LogP contribution is -1.94. The van der Waals surface area contributed by atoms with Gasteiger partial charge in [-0.2, -0.15) is 0 Å². The average molecular weight is 243 g/mol. The SMILES string of the molecule is C=C/C(=C\C=C/C)c1cncc(C(C)=O)c1.CC. The Morgan fingerprint density at radius 3 is 2.39 bits per heavy atom. The summed E-state index contributed by atoms with van der Waals surface area (Å²) in [4.78, 5) is 15.3. The largest absolute Gasteiger partial charge is 0.294 e. The van der Waals surface area contributed by atoms with Gasteiger partial charge in [0.15, 0.2) is 5.78 Å². The van der Waals surface area contributed by atoms with Gasteiger partial charge in [0, 0.05) is 23.5 Å². The summed E-state index contributed by atoms with van der Waals surface area (Å²) in [6.07, 6.45) is 10.9. The smallest absolute Gasteiger partial charge is 0.161 e. The van der Waals surface area contributed by atoms with Gasteiger partial charge in [0.05, 0.1) is 0 Å². The van der Waals surface area contributed by atoms with Gasteiger partial charge >= 0.3 is 0 Å². The molecule has 0 bridgehead atoms. The van der Waals surface area contributed by atoms with Crippen molar-refractivity contribution in [3.63, 3.8) is 0 Å². The highest BCUT2D eigenvalue weighted by Crippen LogP contribution is 2.16. The minimum atomic E-state index is 0.0174. The van der Waals surface area contributed by atoms with Crippen LogP contribution in [0.1, 0.15) is 43.6 Å². The van der Waals surface area contributed by atoms with Gasteiger partial charge in [0.2, 0.25) is 0 Å². The monoisotopic (exact) mass is 243 g/mol. The zero-order valence-electron chi connectivity index (χ0n) is 11.6. The third-order valence-corrected chi connectivity index (χ3v) is 2.17. The summed E-state index contributed by atoms with van der Waals surface area (Å²) in [5.74, 6) is 0.0174. The van der Waals surface area contributed by atoms with Gasteiger partial charge in [-0.15, -0.1) is 0 Å². The van der Waals surface area contributed by atoms with Crippen molar-refractivity contribution in [3.8, 4) is 0 Å². The summed E-state index contributed by atoms with van der Waals surface area (Å²) in [7, 11) is 0. The minimum Gasteiger partial charge on any atom is -0.294 e. The van der Waals surface area contributed by atoms with E-state index in [4.69, 9.17) is 0 Å². The van der Waals surface area contributed by atoms with Crippen LogP contribution in [0.3, 0.4) is 0 Å².